The second-order valence-corrected chi connectivity index (χ2v) is 4.69. The molecule has 1 saturated heterocycles. The fourth-order valence-corrected chi connectivity index (χ4v) is 2.39. The highest BCUT2D eigenvalue weighted by atomic mass is 16.2. The molecule has 2 N–H and O–H groups in total. The number of hydrogen-bond donors (Lipinski definition) is 2. The molecule has 1 aromatic rings. The molecule has 0 radical (unpaired) electrons. The Hall–Kier alpha value is -0.860. The smallest absolute Gasteiger partial charge is 0.0471 e. The Morgan fingerprint density at radius 1 is 1.06 bits per heavy atom. The van der Waals surface area contributed by atoms with Crippen molar-refractivity contribution in [2.45, 2.75) is 25.7 Å². The summed E-state index contributed by atoms with van der Waals surface area (Å²) in [4.78, 5) is 0. The summed E-state index contributed by atoms with van der Waals surface area (Å²) in [6, 6.07) is 8.72. The van der Waals surface area contributed by atoms with Gasteiger partial charge in [-0.05, 0) is 55.8 Å². The Labute approximate surface area is 97.7 Å². The van der Waals surface area contributed by atoms with Crippen LogP contribution in [-0.4, -0.2) is 24.8 Å². The van der Waals surface area contributed by atoms with Crippen LogP contribution in [0.3, 0.4) is 0 Å². The molecular weight excluding hydrogens is 198 g/mol. The van der Waals surface area contributed by atoms with E-state index in [2.05, 4.69) is 29.6 Å². The average molecular weight is 219 g/mol. The molecule has 16 heavy (non-hydrogen) atoms. The fraction of sp³-hybridized carbons (Fsp3) is 0.571. The van der Waals surface area contributed by atoms with Crippen molar-refractivity contribution in [2.24, 2.45) is 5.92 Å². The Kier molecular flexibility index (Phi) is 4.37. The van der Waals surface area contributed by atoms with E-state index in [1.165, 1.54) is 43.5 Å². The standard InChI is InChI=1S/C14H21NO/c16-10-7-12-1-3-13(4-2-12)11-14-5-8-15-9-6-14/h1-4,14-16H,5-11H2. The third-order valence-corrected chi connectivity index (χ3v) is 3.41. The minimum absolute atomic E-state index is 0.244. The number of nitrogens with one attached hydrogen (secondary N) is 1. The van der Waals surface area contributed by atoms with Gasteiger partial charge in [-0.3, -0.25) is 0 Å². The molecule has 2 rings (SSSR count). The van der Waals surface area contributed by atoms with E-state index < -0.39 is 0 Å². The predicted octanol–water partition coefficient (Wildman–Crippen LogP) is 1.76. The molecule has 1 heterocycles. The minimum atomic E-state index is 0.244. The summed E-state index contributed by atoms with van der Waals surface area (Å²) < 4.78 is 0. The third-order valence-electron chi connectivity index (χ3n) is 3.41. The van der Waals surface area contributed by atoms with Crippen LogP contribution in [0.15, 0.2) is 24.3 Å². The molecule has 0 aliphatic carbocycles. The number of aliphatic hydroxyl groups is 1. The van der Waals surface area contributed by atoms with Gasteiger partial charge >= 0.3 is 0 Å². The summed E-state index contributed by atoms with van der Waals surface area (Å²) in [5.74, 6) is 0.852. The van der Waals surface area contributed by atoms with Crippen molar-refractivity contribution in [2.75, 3.05) is 19.7 Å². The molecule has 1 aromatic carbocycles. The first-order valence-electron chi connectivity index (χ1n) is 6.28. The van der Waals surface area contributed by atoms with Crippen LogP contribution in [0.4, 0.5) is 0 Å². The van der Waals surface area contributed by atoms with Gasteiger partial charge in [0.05, 0.1) is 0 Å². The molecule has 0 aromatic heterocycles. The SMILES string of the molecule is OCCc1ccc(CC2CCNCC2)cc1. The number of aliphatic hydroxyl groups excluding tert-OH is 1. The van der Waals surface area contributed by atoms with Gasteiger partial charge in [0.1, 0.15) is 0 Å². The Morgan fingerprint density at radius 3 is 2.31 bits per heavy atom. The van der Waals surface area contributed by atoms with Crippen LogP contribution in [0.5, 0.6) is 0 Å². The lowest BCUT2D eigenvalue weighted by molar-refractivity contribution is 0.299. The van der Waals surface area contributed by atoms with Crippen molar-refractivity contribution < 1.29 is 5.11 Å². The van der Waals surface area contributed by atoms with E-state index in [0.29, 0.717) is 0 Å². The highest BCUT2D eigenvalue weighted by Gasteiger charge is 2.13. The van der Waals surface area contributed by atoms with Gasteiger partial charge in [0.15, 0.2) is 0 Å². The molecule has 1 aliphatic heterocycles. The molecule has 1 fully saturated rings. The summed E-state index contributed by atoms with van der Waals surface area (Å²) >= 11 is 0. The van der Waals surface area contributed by atoms with Gasteiger partial charge in [-0.1, -0.05) is 24.3 Å². The molecule has 0 atom stereocenters. The summed E-state index contributed by atoms with van der Waals surface area (Å²) in [6.07, 6.45) is 4.59. The van der Waals surface area contributed by atoms with Gasteiger partial charge in [-0.2, -0.15) is 0 Å². The third kappa shape index (κ3) is 3.32. The van der Waals surface area contributed by atoms with Gasteiger partial charge in [-0.25, -0.2) is 0 Å². The Morgan fingerprint density at radius 2 is 1.69 bits per heavy atom. The molecule has 1 aliphatic rings. The molecule has 0 bridgehead atoms. The van der Waals surface area contributed by atoms with Crippen molar-refractivity contribution in [3.8, 4) is 0 Å². The summed E-state index contributed by atoms with van der Waals surface area (Å²) in [6.45, 7) is 2.59. The topological polar surface area (TPSA) is 32.3 Å². The lowest BCUT2D eigenvalue weighted by Gasteiger charge is -2.22. The van der Waals surface area contributed by atoms with E-state index in [0.717, 1.165) is 12.3 Å². The number of benzene rings is 1. The molecule has 2 nitrogen and oxygen atoms in total. The first kappa shape index (κ1) is 11.6. The van der Waals surface area contributed by atoms with Crippen molar-refractivity contribution in [1.82, 2.24) is 5.32 Å². The van der Waals surface area contributed by atoms with Crippen LogP contribution in [0.25, 0.3) is 0 Å². The minimum Gasteiger partial charge on any atom is -0.396 e. The van der Waals surface area contributed by atoms with Crippen molar-refractivity contribution in [1.29, 1.82) is 0 Å². The normalized spacial score (nSPS) is 17.6. The van der Waals surface area contributed by atoms with E-state index in [4.69, 9.17) is 5.11 Å². The summed E-state index contributed by atoms with van der Waals surface area (Å²) in [5.41, 5.74) is 2.67. The summed E-state index contributed by atoms with van der Waals surface area (Å²) in [5, 5.41) is 12.2. The second-order valence-electron chi connectivity index (χ2n) is 4.69. The lowest BCUT2D eigenvalue weighted by atomic mass is 9.90. The largest absolute Gasteiger partial charge is 0.396 e. The van der Waals surface area contributed by atoms with Gasteiger partial charge in [0.25, 0.3) is 0 Å². The maximum absolute atomic E-state index is 8.84. The van der Waals surface area contributed by atoms with Crippen LogP contribution < -0.4 is 5.32 Å². The number of hydrogen-bond acceptors (Lipinski definition) is 2. The van der Waals surface area contributed by atoms with Gasteiger partial charge < -0.3 is 10.4 Å². The molecule has 0 spiro atoms. The second kappa shape index (κ2) is 6.02. The van der Waals surface area contributed by atoms with E-state index in [1.807, 2.05) is 0 Å². The van der Waals surface area contributed by atoms with Crippen LogP contribution in [0, 0.1) is 5.92 Å². The number of rotatable bonds is 4. The fourth-order valence-electron chi connectivity index (χ4n) is 2.39. The zero-order valence-corrected chi connectivity index (χ0v) is 9.78. The van der Waals surface area contributed by atoms with Crippen LogP contribution in [0.2, 0.25) is 0 Å². The molecule has 2 heteroatoms. The summed E-state index contributed by atoms with van der Waals surface area (Å²) in [7, 11) is 0. The van der Waals surface area contributed by atoms with E-state index in [-0.39, 0.29) is 6.61 Å². The lowest BCUT2D eigenvalue weighted by Crippen LogP contribution is -2.28. The Balaban J connectivity index is 1.88. The first-order valence-corrected chi connectivity index (χ1v) is 6.28. The van der Waals surface area contributed by atoms with Crippen molar-refractivity contribution in [3.63, 3.8) is 0 Å². The molecule has 0 saturated carbocycles. The number of piperidine rings is 1. The highest BCUT2D eigenvalue weighted by molar-refractivity contribution is 5.23. The maximum Gasteiger partial charge on any atom is 0.0471 e. The predicted molar refractivity (Wildman–Crippen MR) is 66.5 cm³/mol. The van der Waals surface area contributed by atoms with Crippen molar-refractivity contribution in [3.05, 3.63) is 35.4 Å². The first-order chi connectivity index (χ1) is 7.88. The van der Waals surface area contributed by atoms with E-state index in [9.17, 15) is 0 Å². The maximum atomic E-state index is 8.84. The zero-order valence-electron chi connectivity index (χ0n) is 9.78. The van der Waals surface area contributed by atoms with Crippen molar-refractivity contribution >= 4 is 0 Å². The molecule has 88 valence electrons. The van der Waals surface area contributed by atoms with Crippen LogP contribution in [-0.2, 0) is 12.8 Å². The molecule has 0 unspecified atom stereocenters. The zero-order chi connectivity index (χ0) is 11.2. The van der Waals surface area contributed by atoms with Crippen LogP contribution in [0.1, 0.15) is 24.0 Å². The highest BCUT2D eigenvalue weighted by Crippen LogP contribution is 2.18. The molecular formula is C14H21NO. The Bertz CT molecular complexity index is 301. The monoisotopic (exact) mass is 219 g/mol. The van der Waals surface area contributed by atoms with E-state index in [1.54, 1.807) is 0 Å². The average Bonchev–Trinajstić information content (AvgIpc) is 2.33. The van der Waals surface area contributed by atoms with Gasteiger partial charge in [0, 0.05) is 6.61 Å². The van der Waals surface area contributed by atoms with Crippen LogP contribution >= 0.6 is 0 Å². The molecule has 0 amide bonds. The quantitative estimate of drug-likeness (QED) is 0.809. The van der Waals surface area contributed by atoms with Gasteiger partial charge in [-0.15, -0.1) is 0 Å². The van der Waals surface area contributed by atoms with E-state index >= 15 is 0 Å². The van der Waals surface area contributed by atoms with Gasteiger partial charge in [0.2, 0.25) is 0 Å².